The first-order valence-electron chi connectivity index (χ1n) is 7.16. The zero-order valence-electron chi connectivity index (χ0n) is 12.4. The van der Waals surface area contributed by atoms with Crippen molar-refractivity contribution in [3.05, 3.63) is 47.8 Å². The van der Waals surface area contributed by atoms with Gasteiger partial charge in [0.05, 0.1) is 0 Å². The van der Waals surface area contributed by atoms with Gasteiger partial charge in [-0.2, -0.15) is 0 Å². The first-order chi connectivity index (χ1) is 9.04. The molecule has 0 saturated heterocycles. The van der Waals surface area contributed by atoms with Crippen LogP contribution in [0, 0.1) is 11.7 Å². The van der Waals surface area contributed by atoms with Gasteiger partial charge in [-0.3, -0.25) is 0 Å². The maximum Gasteiger partial charge on any atom is 0.126 e. The zero-order chi connectivity index (χ0) is 14.3. The summed E-state index contributed by atoms with van der Waals surface area (Å²) >= 11 is 0. The average molecular weight is 263 g/mol. The van der Waals surface area contributed by atoms with Crippen molar-refractivity contribution in [1.29, 1.82) is 0 Å². The van der Waals surface area contributed by atoms with E-state index in [1.807, 2.05) is 32.1 Å². The molecule has 1 unspecified atom stereocenters. The lowest BCUT2D eigenvalue weighted by molar-refractivity contribution is 0.559. The Morgan fingerprint density at radius 2 is 2.05 bits per heavy atom. The minimum absolute atomic E-state index is 0.0884. The minimum atomic E-state index is -0.0884. The van der Waals surface area contributed by atoms with Crippen LogP contribution in [-0.2, 0) is 6.54 Å². The van der Waals surface area contributed by atoms with Crippen LogP contribution in [0.3, 0.4) is 0 Å². The fraction of sp³-hybridized carbons (Fsp3) is 0.529. The third-order valence-electron chi connectivity index (χ3n) is 3.43. The van der Waals surface area contributed by atoms with Gasteiger partial charge in [-0.25, -0.2) is 4.39 Å². The van der Waals surface area contributed by atoms with Crippen LogP contribution in [0.5, 0.6) is 0 Å². The Morgan fingerprint density at radius 1 is 1.32 bits per heavy atom. The van der Waals surface area contributed by atoms with Gasteiger partial charge in [0.25, 0.3) is 0 Å². The van der Waals surface area contributed by atoms with Crippen LogP contribution in [0.15, 0.2) is 30.9 Å². The van der Waals surface area contributed by atoms with E-state index in [9.17, 15) is 4.39 Å². The van der Waals surface area contributed by atoms with Crippen LogP contribution in [-0.4, -0.2) is 6.54 Å². The largest absolute Gasteiger partial charge is 0.313 e. The Labute approximate surface area is 116 Å². The van der Waals surface area contributed by atoms with E-state index in [0.717, 1.165) is 37.1 Å². The van der Waals surface area contributed by atoms with E-state index in [1.165, 1.54) is 0 Å². The summed E-state index contributed by atoms with van der Waals surface area (Å²) in [6.45, 7) is 11.7. The van der Waals surface area contributed by atoms with Crippen molar-refractivity contribution in [2.24, 2.45) is 5.92 Å². The van der Waals surface area contributed by atoms with Crippen LogP contribution in [0.4, 0.5) is 4.39 Å². The summed E-state index contributed by atoms with van der Waals surface area (Å²) in [5.41, 5.74) is 1.81. The maximum atomic E-state index is 13.8. The van der Waals surface area contributed by atoms with Gasteiger partial charge in [-0.15, -0.1) is 6.58 Å². The molecule has 0 spiro atoms. The molecule has 0 heterocycles. The Kier molecular flexibility index (Phi) is 6.79. The summed E-state index contributed by atoms with van der Waals surface area (Å²) in [4.78, 5) is 0. The highest BCUT2D eigenvalue weighted by Crippen LogP contribution is 2.19. The smallest absolute Gasteiger partial charge is 0.126 e. The highest BCUT2D eigenvalue weighted by atomic mass is 19.1. The predicted octanol–water partition coefficient (Wildman–Crippen LogP) is 4.64. The molecule has 0 radical (unpaired) electrons. The first-order valence-corrected chi connectivity index (χ1v) is 7.16. The van der Waals surface area contributed by atoms with Gasteiger partial charge >= 0.3 is 0 Å². The maximum absolute atomic E-state index is 13.8. The molecule has 0 saturated carbocycles. The molecule has 1 rings (SSSR count). The second-order valence-corrected chi connectivity index (χ2v) is 5.54. The molecule has 0 aliphatic carbocycles. The third kappa shape index (κ3) is 5.56. The van der Waals surface area contributed by atoms with Gasteiger partial charge in [-0.05, 0) is 48.4 Å². The van der Waals surface area contributed by atoms with Crippen molar-refractivity contribution in [2.75, 3.05) is 6.54 Å². The molecular weight excluding hydrogens is 237 g/mol. The second kappa shape index (κ2) is 8.11. The van der Waals surface area contributed by atoms with E-state index in [-0.39, 0.29) is 11.7 Å². The molecule has 0 bridgehead atoms. The standard InChI is InChI=1S/C17H26FN/c1-5-14(4)7-6-10-19-12-15-8-9-16(13(2)3)17(18)11-15/h5,8-9,11,13-14,19H,1,6-7,10,12H2,2-4H3. The van der Waals surface area contributed by atoms with Crippen LogP contribution in [0.1, 0.15) is 50.7 Å². The lowest BCUT2D eigenvalue weighted by atomic mass is 10.0. The number of nitrogens with one attached hydrogen (secondary N) is 1. The number of benzene rings is 1. The van der Waals surface area contributed by atoms with Crippen LogP contribution in [0.2, 0.25) is 0 Å². The minimum Gasteiger partial charge on any atom is -0.313 e. The van der Waals surface area contributed by atoms with Crippen molar-refractivity contribution < 1.29 is 4.39 Å². The van der Waals surface area contributed by atoms with Crippen LogP contribution in [0.25, 0.3) is 0 Å². The molecule has 0 aromatic heterocycles. The number of hydrogen-bond acceptors (Lipinski definition) is 1. The van der Waals surface area contributed by atoms with Crippen LogP contribution >= 0.6 is 0 Å². The lowest BCUT2D eigenvalue weighted by Gasteiger charge is -2.10. The fourth-order valence-electron chi connectivity index (χ4n) is 2.05. The second-order valence-electron chi connectivity index (χ2n) is 5.54. The van der Waals surface area contributed by atoms with E-state index in [1.54, 1.807) is 6.07 Å². The predicted molar refractivity (Wildman–Crippen MR) is 80.8 cm³/mol. The summed E-state index contributed by atoms with van der Waals surface area (Å²) in [6.07, 6.45) is 4.26. The quantitative estimate of drug-likeness (QED) is 0.532. The number of allylic oxidation sites excluding steroid dienone is 1. The van der Waals surface area contributed by atoms with E-state index < -0.39 is 0 Å². The number of halogens is 1. The Morgan fingerprint density at radius 3 is 2.63 bits per heavy atom. The first kappa shape index (κ1) is 15.9. The molecule has 19 heavy (non-hydrogen) atoms. The molecule has 0 aliphatic rings. The molecule has 1 aromatic rings. The molecule has 1 nitrogen and oxygen atoms in total. The SMILES string of the molecule is C=CC(C)CCCNCc1ccc(C(C)C)c(F)c1. The summed E-state index contributed by atoms with van der Waals surface area (Å²) < 4.78 is 13.8. The molecule has 106 valence electrons. The number of hydrogen-bond donors (Lipinski definition) is 1. The average Bonchev–Trinajstić information content (AvgIpc) is 2.37. The van der Waals surface area contributed by atoms with Crippen molar-refractivity contribution in [1.82, 2.24) is 5.32 Å². The fourth-order valence-corrected chi connectivity index (χ4v) is 2.05. The van der Waals surface area contributed by atoms with E-state index in [0.29, 0.717) is 5.92 Å². The van der Waals surface area contributed by atoms with Crippen molar-refractivity contribution in [3.63, 3.8) is 0 Å². The third-order valence-corrected chi connectivity index (χ3v) is 3.43. The number of rotatable bonds is 8. The summed E-state index contributed by atoms with van der Waals surface area (Å²) in [6, 6.07) is 5.56. The Hall–Kier alpha value is -1.15. The molecule has 1 atom stereocenters. The van der Waals surface area contributed by atoms with Gasteiger partial charge in [0, 0.05) is 6.54 Å². The Balaban J connectivity index is 2.34. The van der Waals surface area contributed by atoms with Crippen molar-refractivity contribution >= 4 is 0 Å². The molecular formula is C17H26FN. The highest BCUT2D eigenvalue weighted by molar-refractivity contribution is 5.26. The van der Waals surface area contributed by atoms with Crippen molar-refractivity contribution in [3.8, 4) is 0 Å². The molecule has 0 amide bonds. The van der Waals surface area contributed by atoms with Gasteiger partial charge in [0.2, 0.25) is 0 Å². The van der Waals surface area contributed by atoms with Crippen LogP contribution < -0.4 is 5.32 Å². The summed E-state index contributed by atoms with van der Waals surface area (Å²) in [7, 11) is 0. The van der Waals surface area contributed by atoms with E-state index >= 15 is 0 Å². The zero-order valence-corrected chi connectivity index (χ0v) is 12.4. The summed E-state index contributed by atoms with van der Waals surface area (Å²) in [5.74, 6) is 0.724. The Bertz CT molecular complexity index is 398. The molecule has 1 aromatic carbocycles. The summed E-state index contributed by atoms with van der Waals surface area (Å²) in [5, 5.41) is 3.36. The van der Waals surface area contributed by atoms with Gasteiger partial charge in [0.1, 0.15) is 5.82 Å². The van der Waals surface area contributed by atoms with Gasteiger partial charge in [0.15, 0.2) is 0 Å². The van der Waals surface area contributed by atoms with Gasteiger partial charge in [-0.1, -0.05) is 39.0 Å². The lowest BCUT2D eigenvalue weighted by Crippen LogP contribution is -2.15. The topological polar surface area (TPSA) is 12.0 Å². The van der Waals surface area contributed by atoms with Gasteiger partial charge < -0.3 is 5.32 Å². The highest BCUT2D eigenvalue weighted by Gasteiger charge is 2.06. The molecule has 2 heteroatoms. The van der Waals surface area contributed by atoms with E-state index in [4.69, 9.17) is 0 Å². The normalized spacial score (nSPS) is 12.7. The monoisotopic (exact) mass is 263 g/mol. The van der Waals surface area contributed by atoms with Crippen molar-refractivity contribution in [2.45, 2.75) is 46.1 Å². The van der Waals surface area contributed by atoms with E-state index in [2.05, 4.69) is 18.8 Å². The molecule has 1 N–H and O–H groups in total. The molecule has 0 aliphatic heterocycles. The molecule has 0 fully saturated rings.